The zero-order valence-corrected chi connectivity index (χ0v) is 16.0. The molecule has 0 spiro atoms. The largest absolute Gasteiger partial charge is 0.464 e. The van der Waals surface area contributed by atoms with E-state index < -0.39 is 37.4 Å². The maximum atomic E-state index is 12.8. The van der Waals surface area contributed by atoms with Gasteiger partial charge in [-0.05, 0) is 74.2 Å². The highest BCUT2D eigenvalue weighted by Gasteiger charge is 2.27. The number of methoxy groups -OCH3 is 2. The fourth-order valence-electron chi connectivity index (χ4n) is 2.78. The summed E-state index contributed by atoms with van der Waals surface area (Å²) >= 11 is 0. The second-order valence-corrected chi connectivity index (χ2v) is 6.39. The third-order valence-electron chi connectivity index (χ3n) is 3.69. The molecular weight excluding hydrogens is 356 g/mol. The van der Waals surface area contributed by atoms with Crippen LogP contribution in [0.1, 0.15) is 30.5 Å². The summed E-state index contributed by atoms with van der Waals surface area (Å²) in [6.07, 6.45) is 0. The van der Waals surface area contributed by atoms with E-state index in [2.05, 4.69) is 19.5 Å². The van der Waals surface area contributed by atoms with Gasteiger partial charge in [-0.3, -0.25) is 0 Å². The minimum absolute atomic E-state index is 0.199. The smallest absolute Gasteiger partial charge is 0.359 e. The second kappa shape index (κ2) is 9.08. The van der Waals surface area contributed by atoms with E-state index in [1.807, 2.05) is 12.1 Å². The second-order valence-electron chi connectivity index (χ2n) is 6.39. The first-order chi connectivity index (χ1) is 15.5. The molecule has 0 aliphatic carbocycles. The molecule has 0 bridgehead atoms. The molecule has 6 nitrogen and oxygen atoms in total. The molecule has 0 fully saturated rings. The quantitative estimate of drug-likeness (QED) is 0.572. The van der Waals surface area contributed by atoms with Gasteiger partial charge >= 0.3 is 11.9 Å². The molecule has 2 aromatic carbocycles. The van der Waals surface area contributed by atoms with Crippen LogP contribution in [0.4, 0.5) is 11.4 Å². The Morgan fingerprint density at radius 3 is 1.29 bits per heavy atom. The lowest BCUT2D eigenvalue weighted by molar-refractivity contribution is -0.134. The Kier molecular flexibility index (Phi) is 4.48. The van der Waals surface area contributed by atoms with Gasteiger partial charge in [0.1, 0.15) is 0 Å². The van der Waals surface area contributed by atoms with Gasteiger partial charge in [-0.25, -0.2) is 19.6 Å². The number of benzene rings is 2. The molecule has 0 radical (unpaired) electrons. The Bertz CT molecular complexity index is 1030. The van der Waals surface area contributed by atoms with Crippen molar-refractivity contribution < 1.29 is 27.3 Å². The summed E-state index contributed by atoms with van der Waals surface area (Å²) in [5, 5.41) is 0. The van der Waals surface area contributed by atoms with Crippen LogP contribution in [0.5, 0.6) is 0 Å². The van der Waals surface area contributed by atoms with Crippen molar-refractivity contribution in [2.45, 2.75) is 27.7 Å². The molecule has 146 valence electrons. The Balaban J connectivity index is 2.80. The number of nitrogens with zero attached hydrogens (tertiary/aromatic N) is 2. The van der Waals surface area contributed by atoms with Gasteiger partial charge in [-0.1, -0.05) is 12.1 Å². The number of carbonyl (C=O) groups is 2. The number of hydrogen-bond donors (Lipinski definition) is 0. The first-order valence-electron chi connectivity index (χ1n) is 11.3. The number of carbonyl (C=O) groups excluding carboxylic acids is 2. The molecule has 0 saturated carbocycles. The number of esters is 2. The monoisotopic (exact) mass is 386 g/mol. The van der Waals surface area contributed by atoms with Gasteiger partial charge in [-0.2, -0.15) is 0 Å². The van der Waals surface area contributed by atoms with Crippen molar-refractivity contribution >= 4 is 34.7 Å². The Labute approximate surface area is 173 Å². The predicted octanol–water partition coefficient (Wildman–Crippen LogP) is 4.11. The highest BCUT2D eigenvalue weighted by molar-refractivity contribution is 6.79. The SMILES string of the molecule is [2H]C([2H])([2H])OC(=O)C(=Nc1cc(C)cc(C)c1)C(=Nc1cc(C)cc(C)c1)C(=O)OC([2H])([2H])[2H]. The topological polar surface area (TPSA) is 77.3 Å². The Morgan fingerprint density at radius 2 is 1.00 bits per heavy atom. The van der Waals surface area contributed by atoms with Crippen LogP contribution in [0.3, 0.4) is 0 Å². The van der Waals surface area contributed by atoms with Gasteiger partial charge in [-0.15, -0.1) is 0 Å². The highest BCUT2D eigenvalue weighted by Crippen LogP contribution is 2.20. The zero-order valence-electron chi connectivity index (χ0n) is 22.0. The van der Waals surface area contributed by atoms with Crippen molar-refractivity contribution in [3.8, 4) is 0 Å². The predicted molar refractivity (Wildman–Crippen MR) is 110 cm³/mol. The number of aliphatic imine (C=N–C) groups is 2. The maximum Gasteiger partial charge on any atom is 0.359 e. The van der Waals surface area contributed by atoms with Gasteiger partial charge in [0, 0.05) is 0 Å². The van der Waals surface area contributed by atoms with Crippen LogP contribution in [0.25, 0.3) is 0 Å². The Hall–Kier alpha value is -3.28. The third-order valence-corrected chi connectivity index (χ3v) is 3.69. The summed E-state index contributed by atoms with van der Waals surface area (Å²) in [7, 11) is -6.31. The van der Waals surface area contributed by atoms with Crippen LogP contribution in [0.15, 0.2) is 46.4 Å². The summed E-state index contributed by atoms with van der Waals surface area (Å²) in [5.74, 6) is -2.99. The normalized spacial score (nSPS) is 16.0. The van der Waals surface area contributed by atoms with E-state index >= 15 is 0 Å². The molecule has 0 saturated heterocycles. The summed E-state index contributed by atoms with van der Waals surface area (Å²) in [6, 6.07) is 10.0. The van der Waals surface area contributed by atoms with Crippen molar-refractivity contribution in [1.82, 2.24) is 0 Å². The fraction of sp³-hybridized carbons (Fsp3) is 0.273. The fourth-order valence-corrected chi connectivity index (χ4v) is 2.78. The molecule has 6 heteroatoms. The molecule has 0 aliphatic heterocycles. The minimum atomic E-state index is -3.15. The van der Waals surface area contributed by atoms with E-state index in [0.29, 0.717) is 0 Å². The molecule has 0 aromatic heterocycles. The number of ether oxygens (including phenoxy) is 2. The number of hydrogen-bond acceptors (Lipinski definition) is 6. The van der Waals surface area contributed by atoms with E-state index in [1.54, 1.807) is 52.0 Å². The summed E-state index contributed by atoms with van der Waals surface area (Å²) in [5.41, 5.74) is 1.89. The molecule has 0 N–H and O–H groups in total. The molecule has 0 unspecified atom stereocenters. The van der Waals surface area contributed by atoms with Gasteiger partial charge < -0.3 is 9.47 Å². The molecule has 0 heterocycles. The van der Waals surface area contributed by atoms with Crippen LogP contribution >= 0.6 is 0 Å². The zero-order chi connectivity index (χ0) is 25.8. The standard InChI is InChI=1S/C22H24N2O4/c1-13-7-14(2)10-17(9-13)23-19(21(25)27-5)20(22(26)28-6)24-18-11-15(3)8-16(4)12-18/h7-12H,1-6H3/i5D3,6D3. The van der Waals surface area contributed by atoms with Crippen molar-refractivity contribution in [2.24, 2.45) is 9.98 Å². The molecule has 0 aliphatic rings. The molecule has 2 aromatic rings. The van der Waals surface area contributed by atoms with Crippen LogP contribution in [-0.2, 0) is 19.1 Å². The van der Waals surface area contributed by atoms with E-state index in [4.69, 9.17) is 8.22 Å². The van der Waals surface area contributed by atoms with Crippen molar-refractivity contribution in [2.75, 3.05) is 14.1 Å². The van der Waals surface area contributed by atoms with E-state index in [0.717, 1.165) is 22.3 Å². The van der Waals surface area contributed by atoms with Crippen molar-refractivity contribution in [3.05, 3.63) is 58.7 Å². The maximum absolute atomic E-state index is 12.8. The molecular formula is C22H24N2O4. The van der Waals surface area contributed by atoms with Crippen LogP contribution in [0, 0.1) is 27.7 Å². The van der Waals surface area contributed by atoms with Gasteiger partial charge in [0.25, 0.3) is 0 Å². The minimum Gasteiger partial charge on any atom is -0.464 e. The molecule has 2 rings (SSSR count). The first-order valence-corrected chi connectivity index (χ1v) is 8.33. The molecule has 28 heavy (non-hydrogen) atoms. The summed E-state index contributed by atoms with van der Waals surface area (Å²) in [6.45, 7) is 7.11. The highest BCUT2D eigenvalue weighted by atomic mass is 16.5. The molecule has 0 amide bonds. The van der Waals surface area contributed by atoms with Gasteiger partial charge in [0.05, 0.1) is 33.7 Å². The van der Waals surface area contributed by atoms with Gasteiger partial charge in [0.15, 0.2) is 11.4 Å². The molecule has 0 atom stereocenters. The summed E-state index contributed by atoms with van der Waals surface area (Å²) < 4.78 is 52.5. The number of aryl methyl sites for hydroxylation is 4. The lowest BCUT2D eigenvalue weighted by atomic mass is 10.1. The number of rotatable bonds is 5. The lowest BCUT2D eigenvalue weighted by Gasteiger charge is -2.09. The average Bonchev–Trinajstić information content (AvgIpc) is 2.60. The first kappa shape index (κ1) is 13.8. The van der Waals surface area contributed by atoms with Crippen molar-refractivity contribution in [1.29, 1.82) is 0 Å². The Morgan fingerprint density at radius 1 is 0.679 bits per heavy atom. The van der Waals surface area contributed by atoms with Gasteiger partial charge in [0.2, 0.25) is 0 Å². The average molecular weight is 386 g/mol. The van der Waals surface area contributed by atoms with E-state index in [-0.39, 0.29) is 11.4 Å². The van der Waals surface area contributed by atoms with Crippen LogP contribution < -0.4 is 0 Å². The van der Waals surface area contributed by atoms with Crippen LogP contribution in [-0.4, -0.2) is 37.4 Å². The van der Waals surface area contributed by atoms with E-state index in [9.17, 15) is 9.59 Å². The van der Waals surface area contributed by atoms with Crippen LogP contribution in [0.2, 0.25) is 0 Å². The van der Waals surface area contributed by atoms with E-state index in [1.165, 1.54) is 0 Å². The summed E-state index contributed by atoms with van der Waals surface area (Å²) in [4.78, 5) is 33.9. The van der Waals surface area contributed by atoms with Crippen molar-refractivity contribution in [3.63, 3.8) is 0 Å². The lowest BCUT2D eigenvalue weighted by Crippen LogP contribution is -2.32. The third kappa shape index (κ3) is 5.36.